The zero-order chi connectivity index (χ0) is 35.3. The fraction of sp³-hybridized carbons (Fsp3) is 0.822. The summed E-state index contributed by atoms with van der Waals surface area (Å²) in [5, 5.41) is 0. The van der Waals surface area contributed by atoms with Gasteiger partial charge in [0, 0.05) is 26.3 Å². The Morgan fingerprint density at radius 3 is 1.22 bits per heavy atom. The maximum absolute atomic E-state index is 6.48. The van der Waals surface area contributed by atoms with E-state index in [1.54, 1.807) is 0 Å². The molecule has 4 heteroatoms. The zero-order valence-corrected chi connectivity index (χ0v) is 33.4. The molecule has 1 saturated heterocycles. The molecule has 1 fully saturated rings. The second-order valence-electron chi connectivity index (χ2n) is 14.9. The van der Waals surface area contributed by atoms with Crippen molar-refractivity contribution in [1.82, 2.24) is 9.80 Å². The van der Waals surface area contributed by atoms with E-state index < -0.39 is 0 Å². The molecule has 1 aliphatic rings. The van der Waals surface area contributed by atoms with Crippen molar-refractivity contribution >= 4 is 0 Å². The molecule has 0 aromatic rings. The molecule has 0 saturated carbocycles. The Hall–Kier alpha value is -1.20. The van der Waals surface area contributed by atoms with Crippen LogP contribution in [0.5, 0.6) is 0 Å². The topological polar surface area (TPSA) is 24.9 Å². The summed E-state index contributed by atoms with van der Waals surface area (Å²) in [4.78, 5) is 4.87. The summed E-state index contributed by atoms with van der Waals surface area (Å²) in [7, 11) is 4.34. The zero-order valence-electron chi connectivity index (χ0n) is 33.4. The molecule has 0 radical (unpaired) electrons. The third-order valence-corrected chi connectivity index (χ3v) is 9.72. The van der Waals surface area contributed by atoms with Crippen LogP contribution in [0.4, 0.5) is 0 Å². The van der Waals surface area contributed by atoms with Gasteiger partial charge < -0.3 is 14.4 Å². The lowest BCUT2D eigenvalue weighted by Gasteiger charge is -2.20. The molecule has 0 spiro atoms. The van der Waals surface area contributed by atoms with Gasteiger partial charge in [-0.15, -0.1) is 0 Å². The van der Waals surface area contributed by atoms with Crippen molar-refractivity contribution in [2.24, 2.45) is 0 Å². The molecule has 2 atom stereocenters. The number of unbranched alkanes of at least 4 members (excludes halogenated alkanes) is 18. The summed E-state index contributed by atoms with van der Waals surface area (Å²) < 4.78 is 13.0. The minimum Gasteiger partial charge on any atom is -0.374 e. The van der Waals surface area contributed by atoms with E-state index in [4.69, 9.17) is 9.47 Å². The largest absolute Gasteiger partial charge is 0.374 e. The van der Waals surface area contributed by atoms with E-state index in [0.29, 0.717) is 0 Å². The van der Waals surface area contributed by atoms with E-state index >= 15 is 0 Å². The first-order valence-corrected chi connectivity index (χ1v) is 21.4. The summed E-state index contributed by atoms with van der Waals surface area (Å²) in [6.07, 6.45) is 51.4. The lowest BCUT2D eigenvalue weighted by atomic mass is 10.1. The average Bonchev–Trinajstić information content (AvgIpc) is 3.48. The average molecular weight is 685 g/mol. The minimum absolute atomic E-state index is 0.238. The highest BCUT2D eigenvalue weighted by Gasteiger charge is 2.33. The standard InChI is InChI=1S/C45H84N2O2/c1-5-7-9-11-13-15-17-19-21-23-25-27-29-31-33-35-40-48-44-42-47(39-37-38-46(3)4)43-45(44)49-41-36-34-32-30-28-26-24-22-20-18-16-14-12-10-8-6-2/h13-16,19-22,44-45H,5-12,17-18,23-43H2,1-4H3/b15-13-,16-14-,21-19-,22-20-/t44-,45-/m1/s1. The Morgan fingerprint density at radius 1 is 0.469 bits per heavy atom. The molecule has 286 valence electrons. The van der Waals surface area contributed by atoms with Crippen LogP contribution in [0.3, 0.4) is 0 Å². The highest BCUT2D eigenvalue weighted by molar-refractivity contribution is 4.93. The van der Waals surface area contributed by atoms with Crippen LogP contribution in [0.25, 0.3) is 0 Å². The fourth-order valence-electron chi connectivity index (χ4n) is 6.58. The van der Waals surface area contributed by atoms with Crippen molar-refractivity contribution in [3.05, 3.63) is 48.6 Å². The van der Waals surface area contributed by atoms with Crippen LogP contribution in [-0.2, 0) is 9.47 Å². The van der Waals surface area contributed by atoms with Gasteiger partial charge in [0.1, 0.15) is 0 Å². The highest BCUT2D eigenvalue weighted by Crippen LogP contribution is 2.19. The molecule has 4 nitrogen and oxygen atoms in total. The summed E-state index contributed by atoms with van der Waals surface area (Å²) in [5.74, 6) is 0. The molecule has 0 N–H and O–H groups in total. The van der Waals surface area contributed by atoms with Crippen LogP contribution in [0, 0.1) is 0 Å². The summed E-state index contributed by atoms with van der Waals surface area (Å²) in [6.45, 7) is 10.7. The molecule has 1 heterocycles. The van der Waals surface area contributed by atoms with Crippen molar-refractivity contribution in [3.63, 3.8) is 0 Å². The van der Waals surface area contributed by atoms with Crippen LogP contribution in [0.1, 0.15) is 174 Å². The van der Waals surface area contributed by atoms with Crippen molar-refractivity contribution in [1.29, 1.82) is 0 Å². The van der Waals surface area contributed by atoms with Crippen LogP contribution in [0.2, 0.25) is 0 Å². The second kappa shape index (κ2) is 36.6. The first-order chi connectivity index (χ1) is 24.2. The van der Waals surface area contributed by atoms with Gasteiger partial charge >= 0.3 is 0 Å². The molecule has 1 rings (SSSR count). The SMILES string of the molecule is CCCCC/C=C\C/C=C\CCCCCCCCO[C@@H]1CN(CCCN(C)C)C[C@H]1OCCCCCCCC/C=C\C/C=C\CCCCC. The van der Waals surface area contributed by atoms with Crippen molar-refractivity contribution in [2.75, 3.05) is 53.5 Å². The van der Waals surface area contributed by atoms with Gasteiger partial charge in [-0.2, -0.15) is 0 Å². The number of hydrogen-bond donors (Lipinski definition) is 0. The molecule has 0 aliphatic carbocycles. The molecule has 49 heavy (non-hydrogen) atoms. The number of rotatable bonds is 36. The molecule has 0 aromatic carbocycles. The third-order valence-electron chi connectivity index (χ3n) is 9.72. The van der Waals surface area contributed by atoms with Gasteiger partial charge in [0.2, 0.25) is 0 Å². The van der Waals surface area contributed by atoms with Crippen molar-refractivity contribution < 1.29 is 9.47 Å². The van der Waals surface area contributed by atoms with Gasteiger partial charge in [-0.1, -0.05) is 140 Å². The summed E-state index contributed by atoms with van der Waals surface area (Å²) >= 11 is 0. The minimum atomic E-state index is 0.238. The predicted molar refractivity (Wildman–Crippen MR) is 218 cm³/mol. The normalized spacial score (nSPS) is 17.5. The number of allylic oxidation sites excluding steroid dienone is 8. The van der Waals surface area contributed by atoms with Crippen LogP contribution < -0.4 is 0 Å². The van der Waals surface area contributed by atoms with E-state index in [-0.39, 0.29) is 12.2 Å². The third kappa shape index (κ3) is 31.3. The monoisotopic (exact) mass is 685 g/mol. The van der Waals surface area contributed by atoms with E-state index in [1.165, 1.54) is 148 Å². The maximum Gasteiger partial charge on any atom is 0.0975 e. The Kier molecular flexibility index (Phi) is 34.2. The number of nitrogens with zero attached hydrogens (tertiary/aromatic N) is 2. The van der Waals surface area contributed by atoms with Gasteiger partial charge in [-0.05, 0) is 111 Å². The quantitative estimate of drug-likeness (QED) is 0.0484. The molecule has 1 aliphatic heterocycles. The second-order valence-corrected chi connectivity index (χ2v) is 14.9. The van der Waals surface area contributed by atoms with Crippen molar-refractivity contribution in [3.8, 4) is 0 Å². The number of likely N-dealkylation sites (tertiary alicyclic amines) is 1. The predicted octanol–water partition coefficient (Wildman–Crippen LogP) is 12.7. The van der Waals surface area contributed by atoms with Gasteiger partial charge in [-0.25, -0.2) is 0 Å². The van der Waals surface area contributed by atoms with E-state index in [1.807, 2.05) is 0 Å². The number of hydrogen-bond acceptors (Lipinski definition) is 4. The molecular weight excluding hydrogens is 601 g/mol. The van der Waals surface area contributed by atoms with Gasteiger partial charge in [0.15, 0.2) is 0 Å². The Bertz CT molecular complexity index is 731. The van der Waals surface area contributed by atoms with Gasteiger partial charge in [0.05, 0.1) is 12.2 Å². The Balaban J connectivity index is 2.11. The Labute approximate surface area is 307 Å². The fourth-order valence-corrected chi connectivity index (χ4v) is 6.58. The molecule has 0 aromatic heterocycles. The molecule has 0 unspecified atom stereocenters. The molecule has 0 bridgehead atoms. The first-order valence-electron chi connectivity index (χ1n) is 21.4. The smallest absolute Gasteiger partial charge is 0.0975 e. The first kappa shape index (κ1) is 45.8. The van der Waals surface area contributed by atoms with Crippen LogP contribution in [0.15, 0.2) is 48.6 Å². The maximum atomic E-state index is 6.48. The lowest BCUT2D eigenvalue weighted by molar-refractivity contribution is -0.0481. The molecular formula is C45H84N2O2. The van der Waals surface area contributed by atoms with E-state index in [0.717, 1.165) is 52.2 Å². The van der Waals surface area contributed by atoms with Crippen LogP contribution in [-0.4, -0.2) is 75.5 Å². The van der Waals surface area contributed by atoms with E-state index in [2.05, 4.69) is 86.4 Å². The molecule has 0 amide bonds. The van der Waals surface area contributed by atoms with E-state index in [9.17, 15) is 0 Å². The summed E-state index contributed by atoms with van der Waals surface area (Å²) in [5.41, 5.74) is 0. The van der Waals surface area contributed by atoms with Crippen LogP contribution >= 0.6 is 0 Å². The van der Waals surface area contributed by atoms with Crippen molar-refractivity contribution in [2.45, 2.75) is 187 Å². The highest BCUT2D eigenvalue weighted by atomic mass is 16.5. The Morgan fingerprint density at radius 2 is 0.837 bits per heavy atom. The van der Waals surface area contributed by atoms with Gasteiger partial charge in [0.25, 0.3) is 0 Å². The summed E-state index contributed by atoms with van der Waals surface area (Å²) in [6, 6.07) is 0. The van der Waals surface area contributed by atoms with Gasteiger partial charge in [-0.3, -0.25) is 4.90 Å². The lowest BCUT2D eigenvalue weighted by Crippen LogP contribution is -2.30. The number of ether oxygens (including phenoxy) is 2.